The van der Waals surface area contributed by atoms with E-state index in [0.717, 1.165) is 44.5 Å². The first kappa shape index (κ1) is 25.4. The molecule has 0 radical (unpaired) electrons. The van der Waals surface area contributed by atoms with Gasteiger partial charge in [-0.25, -0.2) is 0 Å². The van der Waals surface area contributed by atoms with Gasteiger partial charge in [-0.2, -0.15) is 0 Å². The van der Waals surface area contributed by atoms with E-state index < -0.39 is 4.92 Å². The van der Waals surface area contributed by atoms with Crippen LogP contribution in [0.1, 0.15) is 20.8 Å². The van der Waals surface area contributed by atoms with Crippen LogP contribution < -0.4 is 16.0 Å². The van der Waals surface area contributed by atoms with Gasteiger partial charge in [-0.1, -0.05) is 0 Å². The summed E-state index contributed by atoms with van der Waals surface area (Å²) in [5, 5.41) is 20.5. The van der Waals surface area contributed by atoms with E-state index in [1.165, 1.54) is 12.1 Å². The van der Waals surface area contributed by atoms with Crippen LogP contribution in [0, 0.1) is 10.1 Å². The van der Waals surface area contributed by atoms with Gasteiger partial charge in [0.05, 0.1) is 24.7 Å². The van der Waals surface area contributed by atoms with Crippen LogP contribution in [0.4, 0.5) is 11.4 Å². The molecular formula is C19H33IN6O3. The van der Waals surface area contributed by atoms with E-state index >= 15 is 0 Å². The molecule has 1 aliphatic heterocycles. The van der Waals surface area contributed by atoms with Crippen molar-refractivity contribution in [3.63, 3.8) is 0 Å². The van der Waals surface area contributed by atoms with Crippen molar-refractivity contribution in [1.29, 1.82) is 0 Å². The molecule has 164 valence electrons. The van der Waals surface area contributed by atoms with Crippen molar-refractivity contribution in [2.45, 2.75) is 26.3 Å². The Balaban J connectivity index is 0.00000420. The lowest BCUT2D eigenvalue weighted by molar-refractivity contribution is -0.384. The molecule has 0 aliphatic carbocycles. The molecule has 1 aromatic carbocycles. The van der Waals surface area contributed by atoms with Gasteiger partial charge >= 0.3 is 0 Å². The number of nitro groups is 1. The summed E-state index contributed by atoms with van der Waals surface area (Å²) in [6.45, 7) is 12.7. The van der Waals surface area contributed by atoms with Crippen molar-refractivity contribution in [2.24, 2.45) is 4.99 Å². The van der Waals surface area contributed by atoms with Crippen LogP contribution >= 0.6 is 24.0 Å². The molecule has 9 nitrogen and oxygen atoms in total. The first-order valence-corrected chi connectivity index (χ1v) is 9.75. The number of halogens is 1. The second-order valence-corrected chi connectivity index (χ2v) is 7.26. The third kappa shape index (κ3) is 8.70. The molecule has 0 saturated carbocycles. The number of hydrogen-bond acceptors (Lipinski definition) is 6. The van der Waals surface area contributed by atoms with Gasteiger partial charge in [0.25, 0.3) is 5.69 Å². The van der Waals surface area contributed by atoms with E-state index in [2.05, 4.69) is 34.7 Å². The van der Waals surface area contributed by atoms with Gasteiger partial charge in [0.1, 0.15) is 0 Å². The van der Waals surface area contributed by atoms with E-state index in [0.29, 0.717) is 19.6 Å². The van der Waals surface area contributed by atoms with Gasteiger partial charge in [0, 0.05) is 56.1 Å². The van der Waals surface area contributed by atoms with Crippen molar-refractivity contribution >= 4 is 41.3 Å². The number of ether oxygens (including phenoxy) is 1. The number of anilines is 1. The summed E-state index contributed by atoms with van der Waals surface area (Å²) in [5.74, 6) is 0.786. The Morgan fingerprint density at radius 3 is 2.45 bits per heavy atom. The van der Waals surface area contributed by atoms with E-state index in [1.807, 2.05) is 6.92 Å². The largest absolute Gasteiger partial charge is 0.383 e. The zero-order valence-corrected chi connectivity index (χ0v) is 19.8. The number of hydrogen-bond donors (Lipinski definition) is 3. The summed E-state index contributed by atoms with van der Waals surface area (Å²) in [7, 11) is 0. The number of nitrogens with zero attached hydrogens (tertiary/aromatic N) is 3. The summed E-state index contributed by atoms with van der Waals surface area (Å²) in [6.07, 6.45) is 0. The van der Waals surface area contributed by atoms with E-state index in [4.69, 9.17) is 9.73 Å². The van der Waals surface area contributed by atoms with Crippen LogP contribution in [-0.4, -0.2) is 73.8 Å². The fraction of sp³-hybridized carbons (Fsp3) is 0.632. The number of morpholine rings is 1. The molecule has 0 aromatic heterocycles. The predicted octanol–water partition coefficient (Wildman–Crippen LogP) is 2.29. The van der Waals surface area contributed by atoms with Crippen LogP contribution in [0.3, 0.4) is 0 Å². The summed E-state index contributed by atoms with van der Waals surface area (Å²) >= 11 is 0. The van der Waals surface area contributed by atoms with Crippen molar-refractivity contribution in [1.82, 2.24) is 15.5 Å². The molecule has 1 fully saturated rings. The lowest BCUT2D eigenvalue weighted by Gasteiger charge is -2.39. The maximum atomic E-state index is 10.7. The first-order valence-electron chi connectivity index (χ1n) is 9.75. The lowest BCUT2D eigenvalue weighted by atomic mass is 10.0. The number of benzene rings is 1. The number of guanidine groups is 1. The standard InChI is InChI=1S/C19H32N6O3.HI/c1-4-20-18(23-15-19(2,3)24-11-13-28-14-12-24)22-10-9-21-16-5-7-17(8-6-16)25(26)27;/h5-8,21H,4,9-15H2,1-3H3,(H2,20,22,23);1H. The van der Waals surface area contributed by atoms with E-state index in [9.17, 15) is 10.1 Å². The van der Waals surface area contributed by atoms with Gasteiger partial charge in [-0.05, 0) is 32.9 Å². The molecule has 0 amide bonds. The van der Waals surface area contributed by atoms with E-state index in [-0.39, 0.29) is 35.2 Å². The van der Waals surface area contributed by atoms with Crippen molar-refractivity contribution in [3.05, 3.63) is 34.4 Å². The van der Waals surface area contributed by atoms with Crippen molar-refractivity contribution in [2.75, 3.05) is 57.8 Å². The molecule has 1 aromatic rings. The predicted molar refractivity (Wildman–Crippen MR) is 127 cm³/mol. The van der Waals surface area contributed by atoms with Crippen LogP contribution in [0.5, 0.6) is 0 Å². The van der Waals surface area contributed by atoms with Gasteiger partial charge in [0.2, 0.25) is 0 Å². The first-order chi connectivity index (χ1) is 13.4. The van der Waals surface area contributed by atoms with Crippen LogP contribution in [0.25, 0.3) is 0 Å². The zero-order valence-electron chi connectivity index (χ0n) is 17.4. The number of non-ortho nitro benzene ring substituents is 1. The Hall–Kier alpha value is -1.66. The van der Waals surface area contributed by atoms with Crippen LogP contribution in [0.15, 0.2) is 29.3 Å². The van der Waals surface area contributed by atoms with Crippen LogP contribution in [-0.2, 0) is 4.74 Å². The van der Waals surface area contributed by atoms with Gasteiger partial charge in [-0.3, -0.25) is 20.0 Å². The molecule has 3 N–H and O–H groups in total. The molecule has 0 unspecified atom stereocenters. The van der Waals surface area contributed by atoms with Crippen molar-refractivity contribution < 1.29 is 9.66 Å². The number of nitro benzene ring substituents is 1. The van der Waals surface area contributed by atoms with Crippen LogP contribution in [0.2, 0.25) is 0 Å². The monoisotopic (exact) mass is 520 g/mol. The SMILES string of the molecule is CCNC(=NCC(C)(C)N1CCOCC1)NCCNc1ccc([N+](=O)[O-])cc1.I. The molecule has 29 heavy (non-hydrogen) atoms. The fourth-order valence-electron chi connectivity index (χ4n) is 2.97. The third-order valence-corrected chi connectivity index (χ3v) is 4.66. The number of aliphatic imine (C=N–C) groups is 1. The van der Waals surface area contributed by atoms with Gasteiger partial charge in [0.15, 0.2) is 5.96 Å². The highest BCUT2D eigenvalue weighted by Gasteiger charge is 2.28. The van der Waals surface area contributed by atoms with Gasteiger partial charge < -0.3 is 20.7 Å². The average Bonchev–Trinajstić information content (AvgIpc) is 2.70. The summed E-state index contributed by atoms with van der Waals surface area (Å²) in [4.78, 5) is 17.4. The second kappa shape index (κ2) is 12.8. The van der Waals surface area contributed by atoms with Crippen molar-refractivity contribution in [3.8, 4) is 0 Å². The molecule has 1 heterocycles. The van der Waals surface area contributed by atoms with E-state index in [1.54, 1.807) is 12.1 Å². The summed E-state index contributed by atoms with van der Waals surface area (Å²) in [6, 6.07) is 6.41. The Bertz CT molecular complexity index is 648. The third-order valence-electron chi connectivity index (χ3n) is 4.66. The molecule has 10 heteroatoms. The summed E-state index contributed by atoms with van der Waals surface area (Å²) in [5.41, 5.74) is 0.916. The number of nitrogens with one attached hydrogen (secondary N) is 3. The maximum Gasteiger partial charge on any atom is 0.269 e. The number of rotatable bonds is 9. The maximum absolute atomic E-state index is 10.7. The highest BCUT2D eigenvalue weighted by atomic mass is 127. The lowest BCUT2D eigenvalue weighted by Crippen LogP contribution is -2.52. The zero-order chi connectivity index (χ0) is 20.4. The summed E-state index contributed by atoms with van der Waals surface area (Å²) < 4.78 is 5.44. The topological polar surface area (TPSA) is 104 Å². The second-order valence-electron chi connectivity index (χ2n) is 7.26. The minimum absolute atomic E-state index is 0. The van der Waals surface area contributed by atoms with Gasteiger partial charge in [-0.15, -0.1) is 24.0 Å². The quantitative estimate of drug-likeness (QED) is 0.115. The normalized spacial score (nSPS) is 15.3. The Kier molecular flexibility index (Phi) is 11.2. The minimum Gasteiger partial charge on any atom is -0.383 e. The Morgan fingerprint density at radius 2 is 1.86 bits per heavy atom. The average molecular weight is 520 g/mol. The molecule has 0 atom stereocenters. The molecule has 2 rings (SSSR count). The highest BCUT2D eigenvalue weighted by molar-refractivity contribution is 14.0. The Morgan fingerprint density at radius 1 is 1.21 bits per heavy atom. The smallest absolute Gasteiger partial charge is 0.269 e. The molecule has 0 bridgehead atoms. The Labute approximate surface area is 189 Å². The molecule has 1 saturated heterocycles. The fourth-order valence-corrected chi connectivity index (χ4v) is 2.97. The highest BCUT2D eigenvalue weighted by Crippen LogP contribution is 2.16. The molecule has 1 aliphatic rings. The molecule has 0 spiro atoms. The minimum atomic E-state index is -0.400. The molecular weight excluding hydrogens is 487 g/mol.